The Morgan fingerprint density at radius 2 is 1.67 bits per heavy atom. The van der Waals surface area contributed by atoms with Crippen LogP contribution in [0.1, 0.15) is 69.4 Å². The van der Waals surface area contributed by atoms with Crippen molar-refractivity contribution >= 4 is 32.8 Å². The Morgan fingerprint density at radius 3 is 2.26 bits per heavy atom. The summed E-state index contributed by atoms with van der Waals surface area (Å²) in [7, 11) is -2.86. The number of nitriles is 1. The van der Waals surface area contributed by atoms with Crippen LogP contribution in [0, 0.1) is 17.2 Å². The summed E-state index contributed by atoms with van der Waals surface area (Å²) < 4.78 is 23.2. The van der Waals surface area contributed by atoms with E-state index >= 15 is 0 Å². The molecular weight excluding hydrogens is 565 g/mol. The zero-order chi connectivity index (χ0) is 29.8. The summed E-state index contributed by atoms with van der Waals surface area (Å²) in [6, 6.07) is 21.0. The first-order valence-electron chi connectivity index (χ1n) is 14.9. The fourth-order valence-corrected chi connectivity index (χ4v) is 7.82. The molecule has 6 rings (SSSR count). The Kier molecular flexibility index (Phi) is 9.05. The van der Waals surface area contributed by atoms with Gasteiger partial charge in [-0.25, -0.2) is 13.4 Å². The minimum atomic E-state index is -2.86. The molecule has 0 spiro atoms. The monoisotopic (exact) mass is 604 g/mol. The molecule has 1 amide bonds. The van der Waals surface area contributed by atoms with Crippen LogP contribution in [0.2, 0.25) is 0 Å². The van der Waals surface area contributed by atoms with E-state index in [2.05, 4.69) is 78.7 Å². The maximum atomic E-state index is 11.8. The molecule has 2 aromatic carbocycles. The van der Waals surface area contributed by atoms with Crippen molar-refractivity contribution in [3.63, 3.8) is 0 Å². The predicted octanol–water partition coefficient (Wildman–Crippen LogP) is 6.11. The average molecular weight is 605 g/mol. The summed E-state index contributed by atoms with van der Waals surface area (Å²) >= 11 is 1.72. The number of amides is 1. The van der Waals surface area contributed by atoms with Gasteiger partial charge in [0, 0.05) is 36.3 Å². The van der Waals surface area contributed by atoms with Crippen LogP contribution in [0.5, 0.6) is 0 Å². The molecule has 0 radical (unpaired) electrons. The molecule has 222 valence electrons. The number of carbonyl (C=O) groups is 1. The highest BCUT2D eigenvalue weighted by molar-refractivity contribution is 7.91. The minimum absolute atomic E-state index is 0.115. The van der Waals surface area contributed by atoms with Crippen LogP contribution in [0.3, 0.4) is 0 Å². The van der Waals surface area contributed by atoms with Gasteiger partial charge < -0.3 is 10.2 Å². The van der Waals surface area contributed by atoms with Crippen molar-refractivity contribution in [2.24, 2.45) is 5.92 Å². The van der Waals surface area contributed by atoms with Gasteiger partial charge in [0.05, 0.1) is 22.5 Å². The van der Waals surface area contributed by atoms with Crippen molar-refractivity contribution in [3.8, 4) is 16.5 Å². The maximum Gasteiger partial charge on any atom is 0.224 e. The van der Waals surface area contributed by atoms with E-state index in [4.69, 9.17) is 10.2 Å². The molecule has 9 heteroatoms. The van der Waals surface area contributed by atoms with Crippen molar-refractivity contribution in [3.05, 3.63) is 71.4 Å². The van der Waals surface area contributed by atoms with E-state index in [0.29, 0.717) is 13.1 Å². The van der Waals surface area contributed by atoms with Crippen LogP contribution >= 0.6 is 11.3 Å². The number of rotatable bonds is 6. The molecule has 2 saturated carbocycles. The molecule has 3 aliphatic rings. The molecule has 7 nitrogen and oxygen atoms in total. The lowest BCUT2D eigenvalue weighted by molar-refractivity contribution is -0.126. The van der Waals surface area contributed by atoms with E-state index in [-0.39, 0.29) is 28.7 Å². The number of nitrogens with one attached hydrogen (secondary N) is 1. The van der Waals surface area contributed by atoms with Crippen molar-refractivity contribution in [2.75, 3.05) is 29.5 Å². The van der Waals surface area contributed by atoms with E-state index < -0.39 is 15.4 Å². The summed E-state index contributed by atoms with van der Waals surface area (Å²) in [5.41, 5.74) is 2.86. The number of sulfone groups is 1. The first-order valence-corrected chi connectivity index (χ1v) is 17.6. The Morgan fingerprint density at radius 1 is 1.02 bits per heavy atom. The molecule has 0 atom stereocenters. The zero-order valence-electron chi connectivity index (χ0n) is 24.5. The third-order valence-electron chi connectivity index (χ3n) is 8.70. The molecule has 1 aliphatic heterocycles. The summed E-state index contributed by atoms with van der Waals surface area (Å²) in [4.78, 5) is 19.7. The SMILES string of the molecule is CC(C)(c1ccccc1)c1ncc(-c2ccc(N3CCS(=O)(=O)CC3)cc2)s1.N#CC1(NC(=O)C2CCCCC2)CC1. The van der Waals surface area contributed by atoms with Crippen LogP contribution in [0.15, 0.2) is 60.8 Å². The number of benzene rings is 2. The third-order valence-corrected chi connectivity index (χ3v) is 11.7. The van der Waals surface area contributed by atoms with Crippen molar-refractivity contribution in [1.82, 2.24) is 10.3 Å². The van der Waals surface area contributed by atoms with Gasteiger partial charge in [-0.1, -0.05) is 61.7 Å². The minimum Gasteiger partial charge on any atom is -0.369 e. The number of hydrogen-bond acceptors (Lipinski definition) is 7. The highest BCUT2D eigenvalue weighted by Gasteiger charge is 2.45. The number of nitrogens with zero attached hydrogens (tertiary/aromatic N) is 3. The van der Waals surface area contributed by atoms with E-state index in [9.17, 15) is 13.2 Å². The second kappa shape index (κ2) is 12.6. The van der Waals surface area contributed by atoms with Crippen LogP contribution in [0.4, 0.5) is 5.69 Å². The van der Waals surface area contributed by atoms with Gasteiger partial charge in [-0.3, -0.25) is 4.79 Å². The van der Waals surface area contributed by atoms with E-state index in [1.165, 1.54) is 12.0 Å². The van der Waals surface area contributed by atoms with E-state index in [1.807, 2.05) is 12.3 Å². The molecular formula is C33H40N4O3S2. The molecule has 2 aliphatic carbocycles. The van der Waals surface area contributed by atoms with Gasteiger partial charge in [0.15, 0.2) is 9.84 Å². The van der Waals surface area contributed by atoms with E-state index in [1.54, 1.807) is 11.3 Å². The molecule has 1 saturated heterocycles. The second-order valence-corrected chi connectivity index (χ2v) is 15.6. The summed E-state index contributed by atoms with van der Waals surface area (Å²) in [6.07, 6.45) is 9.22. The molecule has 42 heavy (non-hydrogen) atoms. The Bertz CT molecular complexity index is 1500. The average Bonchev–Trinajstić information content (AvgIpc) is 3.60. The van der Waals surface area contributed by atoms with Gasteiger partial charge in [0.25, 0.3) is 0 Å². The lowest BCUT2D eigenvalue weighted by Crippen LogP contribution is -2.40. The van der Waals surface area contributed by atoms with Crippen molar-refractivity contribution in [1.29, 1.82) is 5.26 Å². The molecule has 1 aromatic heterocycles. The number of hydrogen-bond donors (Lipinski definition) is 1. The summed E-state index contributed by atoms with van der Waals surface area (Å²) in [6.45, 7) is 5.55. The second-order valence-electron chi connectivity index (χ2n) is 12.2. The van der Waals surface area contributed by atoms with Gasteiger partial charge in [-0.15, -0.1) is 11.3 Å². The molecule has 1 N–H and O–H groups in total. The molecule has 0 bridgehead atoms. The molecule has 2 heterocycles. The van der Waals surface area contributed by atoms with Crippen molar-refractivity contribution < 1.29 is 13.2 Å². The first kappa shape index (κ1) is 30.2. The highest BCUT2D eigenvalue weighted by Crippen LogP contribution is 2.38. The maximum absolute atomic E-state index is 11.8. The molecule has 0 unspecified atom stereocenters. The number of thiazole rings is 1. The number of carbonyl (C=O) groups excluding carboxylic acids is 1. The highest BCUT2D eigenvalue weighted by atomic mass is 32.2. The fourth-order valence-electron chi connectivity index (χ4n) is 5.57. The van der Waals surface area contributed by atoms with Gasteiger partial charge in [-0.2, -0.15) is 5.26 Å². The number of anilines is 1. The van der Waals surface area contributed by atoms with Gasteiger partial charge in [0.1, 0.15) is 10.5 Å². The normalized spacial score (nSPS) is 19.6. The smallest absolute Gasteiger partial charge is 0.224 e. The van der Waals surface area contributed by atoms with Gasteiger partial charge in [0.2, 0.25) is 5.91 Å². The lowest BCUT2D eigenvalue weighted by Gasteiger charge is -2.28. The number of aromatic nitrogens is 1. The summed E-state index contributed by atoms with van der Waals surface area (Å²) in [5.74, 6) is 0.765. The molecule has 3 aromatic rings. The third kappa shape index (κ3) is 7.22. The standard InChI is InChI=1S/C22H24N2O2S2.C11H16N2O/c1-22(2,18-6-4-3-5-7-18)21-23-16-20(27-21)17-8-10-19(11-9-17)24-12-14-28(25,26)15-13-24;12-8-11(6-7-11)13-10(14)9-4-2-1-3-5-9/h3-11,16H,12-15H2,1-2H3;9H,1-7H2,(H,13,14). The largest absolute Gasteiger partial charge is 0.369 e. The zero-order valence-corrected chi connectivity index (χ0v) is 26.1. The quantitative estimate of drug-likeness (QED) is 0.364. The van der Waals surface area contributed by atoms with Gasteiger partial charge in [-0.05, 0) is 62.8 Å². The van der Waals surface area contributed by atoms with E-state index in [0.717, 1.165) is 59.7 Å². The summed E-state index contributed by atoms with van der Waals surface area (Å²) in [5, 5.41) is 12.8. The Labute approximate surface area is 253 Å². The van der Waals surface area contributed by atoms with Gasteiger partial charge >= 0.3 is 0 Å². The van der Waals surface area contributed by atoms with Crippen LogP contribution in [-0.4, -0.2) is 49.4 Å². The van der Waals surface area contributed by atoms with Crippen LogP contribution < -0.4 is 10.2 Å². The van der Waals surface area contributed by atoms with Crippen LogP contribution in [-0.2, 0) is 20.0 Å². The topological polar surface area (TPSA) is 103 Å². The molecule has 3 fully saturated rings. The van der Waals surface area contributed by atoms with Crippen LogP contribution in [0.25, 0.3) is 10.4 Å². The first-order chi connectivity index (χ1) is 20.1. The Balaban J connectivity index is 0.000000211. The van der Waals surface area contributed by atoms with Crippen molar-refractivity contribution in [2.45, 2.75) is 69.7 Å². The Hall–Kier alpha value is -3.22. The lowest BCUT2D eigenvalue weighted by atomic mass is 9.85. The predicted molar refractivity (Wildman–Crippen MR) is 169 cm³/mol. The fraction of sp³-hybridized carbons (Fsp3) is 0.485.